The Hall–Kier alpha value is -3.07. The van der Waals surface area contributed by atoms with E-state index in [0.717, 1.165) is 63.7 Å². The Bertz CT molecular complexity index is 1810. The van der Waals surface area contributed by atoms with Crippen molar-refractivity contribution in [2.24, 2.45) is 11.1 Å². The summed E-state index contributed by atoms with van der Waals surface area (Å²) in [6.07, 6.45) is 6.69. The summed E-state index contributed by atoms with van der Waals surface area (Å²) < 4.78 is 53.3. The van der Waals surface area contributed by atoms with Crippen LogP contribution in [0.1, 0.15) is 73.9 Å². The largest absolute Gasteiger partial charge is 0.490 e. The molecule has 3 heterocycles. The molecule has 2 saturated heterocycles. The molecule has 6 rings (SSSR count). The summed E-state index contributed by atoms with van der Waals surface area (Å²) in [4.78, 5) is 34.8. The van der Waals surface area contributed by atoms with Gasteiger partial charge in [0.05, 0.1) is 36.9 Å². The molecule has 296 valence electrons. The Balaban J connectivity index is 1.36. The molecule has 2 aromatic rings. The number of likely N-dealkylation sites (N-methyl/N-ethyl adjacent to an activating group) is 1. The number of aryl methyl sites for hydroxylation is 1. The number of allylic oxidation sites excluding steroid dienone is 1. The molecule has 14 heteroatoms. The van der Waals surface area contributed by atoms with Crippen LogP contribution in [0.4, 0.5) is 10.1 Å². The van der Waals surface area contributed by atoms with Crippen LogP contribution in [0.25, 0.3) is 0 Å². The SMILES string of the molecule is C[C@H]([C@@H](C)C/C=C(\F)[C@H](C(=O)N(C)CCCN1CCOCC1)N1CCC[C@H]1N1C[C@@]2(CCCc3cc(Cl)ccc32)COc2ccc(C=O)cc21)S(N)(=O)=O. The number of benzene rings is 2. The lowest BCUT2D eigenvalue weighted by atomic mass is 9.70. The summed E-state index contributed by atoms with van der Waals surface area (Å²) in [7, 11) is -2.11. The minimum absolute atomic E-state index is 0.0952. The average molecular weight is 788 g/mol. The third kappa shape index (κ3) is 8.97. The highest BCUT2D eigenvalue weighted by atomic mass is 35.5. The van der Waals surface area contributed by atoms with Gasteiger partial charge in [0.2, 0.25) is 15.9 Å². The Kier molecular flexibility index (Phi) is 13.1. The van der Waals surface area contributed by atoms with Crippen LogP contribution in [0.5, 0.6) is 5.75 Å². The van der Waals surface area contributed by atoms with Crippen molar-refractivity contribution < 1.29 is 31.9 Å². The number of anilines is 1. The first-order valence-corrected chi connectivity index (χ1v) is 21.3. The lowest BCUT2D eigenvalue weighted by molar-refractivity contribution is -0.135. The molecule has 0 radical (unpaired) electrons. The highest BCUT2D eigenvalue weighted by Gasteiger charge is 2.47. The van der Waals surface area contributed by atoms with Gasteiger partial charge in [-0.25, -0.2) is 17.9 Å². The number of likely N-dealkylation sites (tertiary alicyclic amines) is 1. The second-order valence-corrected chi connectivity index (χ2v) is 18.0. The van der Waals surface area contributed by atoms with Crippen molar-refractivity contribution in [3.63, 3.8) is 0 Å². The summed E-state index contributed by atoms with van der Waals surface area (Å²) in [6.45, 7) is 8.96. The van der Waals surface area contributed by atoms with Gasteiger partial charge in [-0.3, -0.25) is 19.4 Å². The molecule has 54 heavy (non-hydrogen) atoms. The number of aldehydes is 1. The van der Waals surface area contributed by atoms with Crippen LogP contribution in [0.15, 0.2) is 48.3 Å². The second-order valence-electron chi connectivity index (χ2n) is 15.6. The number of sulfonamides is 1. The summed E-state index contributed by atoms with van der Waals surface area (Å²) in [5.74, 6) is -0.806. The zero-order chi connectivity index (χ0) is 38.6. The maximum atomic E-state index is 16.9. The number of ether oxygens (including phenoxy) is 2. The molecule has 2 N–H and O–H groups in total. The van der Waals surface area contributed by atoms with Crippen molar-refractivity contribution in [2.75, 3.05) is 71.0 Å². The van der Waals surface area contributed by atoms with Crippen molar-refractivity contribution in [3.8, 4) is 5.75 Å². The van der Waals surface area contributed by atoms with Crippen molar-refractivity contribution in [2.45, 2.75) is 81.7 Å². The first-order chi connectivity index (χ1) is 25.8. The number of fused-ring (bicyclic) bond motifs is 3. The van der Waals surface area contributed by atoms with Crippen molar-refractivity contribution >= 4 is 39.5 Å². The minimum Gasteiger partial charge on any atom is -0.490 e. The van der Waals surface area contributed by atoms with Gasteiger partial charge in [-0.2, -0.15) is 0 Å². The highest BCUT2D eigenvalue weighted by Crippen LogP contribution is 2.46. The quantitative estimate of drug-likeness (QED) is 0.275. The van der Waals surface area contributed by atoms with E-state index in [2.05, 4.69) is 15.9 Å². The normalized spacial score (nSPS) is 24.2. The molecule has 11 nitrogen and oxygen atoms in total. The average Bonchev–Trinajstić information content (AvgIpc) is 3.57. The van der Waals surface area contributed by atoms with Crippen molar-refractivity contribution in [1.29, 1.82) is 0 Å². The molecule has 1 aliphatic carbocycles. The number of amides is 1. The second kappa shape index (κ2) is 17.4. The number of primary sulfonamides is 1. The fraction of sp³-hybridized carbons (Fsp3) is 0.600. The van der Waals surface area contributed by atoms with E-state index in [0.29, 0.717) is 62.2 Å². The maximum absolute atomic E-state index is 16.9. The Labute approximate surface area is 324 Å². The van der Waals surface area contributed by atoms with Gasteiger partial charge in [-0.05, 0) is 99.2 Å². The number of morpholine rings is 1. The van der Waals surface area contributed by atoms with Crippen molar-refractivity contribution in [3.05, 3.63) is 70.0 Å². The van der Waals surface area contributed by atoms with E-state index in [-0.39, 0.29) is 12.3 Å². The van der Waals surface area contributed by atoms with Crippen molar-refractivity contribution in [1.82, 2.24) is 14.7 Å². The van der Waals surface area contributed by atoms with E-state index in [9.17, 15) is 18.0 Å². The number of halogens is 2. The highest BCUT2D eigenvalue weighted by molar-refractivity contribution is 7.89. The molecule has 2 fully saturated rings. The van der Waals surface area contributed by atoms with Gasteiger partial charge >= 0.3 is 0 Å². The number of nitrogens with zero attached hydrogens (tertiary/aromatic N) is 4. The molecule has 3 aliphatic heterocycles. The van der Waals surface area contributed by atoms with Crippen LogP contribution in [-0.4, -0.2) is 119 Å². The lowest BCUT2D eigenvalue weighted by Gasteiger charge is -2.45. The van der Waals surface area contributed by atoms with Gasteiger partial charge in [0.15, 0.2) is 0 Å². The van der Waals surface area contributed by atoms with Crippen LogP contribution < -0.4 is 14.8 Å². The third-order valence-corrected chi connectivity index (χ3v) is 13.8. The standard InChI is InChI=1S/C40H55ClFN5O6S/c1-28(29(2)54(43,50)51)9-13-34(42)38(39(49)44(3)16-6-17-45-19-21-52-22-20-45)46-18-5-8-37(46)47-26-40(15-4-7-31-24-32(41)11-12-33(31)40)27-53-36-14-10-30(25-48)23-35(36)47/h10-14,23-25,28-29,37-38H,4-9,15-22,26-27H2,1-3H3,(H2,43,50,51)/b34-13-/t28-,29+,37+,38+,40-/m0/s1. The summed E-state index contributed by atoms with van der Waals surface area (Å²) >= 11 is 6.47. The summed E-state index contributed by atoms with van der Waals surface area (Å²) in [5, 5.41) is 5.24. The molecule has 4 aliphatic rings. The van der Waals surface area contributed by atoms with Gasteiger partial charge in [0, 0.05) is 62.3 Å². The van der Waals surface area contributed by atoms with Crippen LogP contribution >= 0.6 is 11.6 Å². The van der Waals surface area contributed by atoms with Gasteiger partial charge in [-0.15, -0.1) is 0 Å². The Morgan fingerprint density at radius 3 is 2.67 bits per heavy atom. The minimum atomic E-state index is -3.83. The molecular formula is C40H55ClFN5O6S. The molecule has 5 atom stereocenters. The topological polar surface area (TPSA) is 126 Å². The number of hydrogen-bond acceptors (Lipinski definition) is 9. The predicted octanol–water partition coefficient (Wildman–Crippen LogP) is 5.15. The molecule has 2 aromatic carbocycles. The monoisotopic (exact) mass is 787 g/mol. The van der Waals surface area contributed by atoms with Gasteiger partial charge in [-0.1, -0.05) is 30.7 Å². The van der Waals surface area contributed by atoms with Gasteiger partial charge in [0.25, 0.3) is 0 Å². The predicted molar refractivity (Wildman–Crippen MR) is 209 cm³/mol. The number of carbonyl (C=O) groups is 2. The third-order valence-electron chi connectivity index (χ3n) is 12.0. The zero-order valence-electron chi connectivity index (χ0n) is 31.7. The van der Waals surface area contributed by atoms with E-state index in [4.69, 9.17) is 26.2 Å². The smallest absolute Gasteiger partial charge is 0.246 e. The van der Waals surface area contributed by atoms with Crippen LogP contribution in [0, 0.1) is 5.92 Å². The van der Waals surface area contributed by atoms with Crippen LogP contribution in [0.3, 0.4) is 0 Å². The molecule has 0 aromatic heterocycles. The Morgan fingerprint density at radius 1 is 1.15 bits per heavy atom. The number of hydrogen-bond donors (Lipinski definition) is 1. The van der Waals surface area contributed by atoms with E-state index < -0.39 is 44.6 Å². The number of carbonyl (C=O) groups excluding carboxylic acids is 2. The summed E-state index contributed by atoms with van der Waals surface area (Å²) in [6, 6.07) is 10.2. The van der Waals surface area contributed by atoms with E-state index in [1.54, 1.807) is 24.9 Å². The van der Waals surface area contributed by atoms with Crippen LogP contribution in [-0.2, 0) is 31.4 Å². The molecule has 0 bridgehead atoms. The first-order valence-electron chi connectivity index (χ1n) is 19.3. The van der Waals surface area contributed by atoms with E-state index in [1.165, 1.54) is 24.1 Å². The molecular weight excluding hydrogens is 733 g/mol. The number of nitrogens with two attached hydrogens (primary N) is 1. The molecule has 0 unspecified atom stereocenters. The molecule has 1 amide bonds. The fourth-order valence-electron chi connectivity index (χ4n) is 8.67. The van der Waals surface area contributed by atoms with E-state index >= 15 is 4.39 Å². The zero-order valence-corrected chi connectivity index (χ0v) is 33.3. The van der Waals surface area contributed by atoms with E-state index in [1.807, 2.05) is 29.2 Å². The van der Waals surface area contributed by atoms with Crippen LogP contribution in [0.2, 0.25) is 5.02 Å². The first kappa shape index (κ1) is 40.6. The summed E-state index contributed by atoms with van der Waals surface area (Å²) in [5.41, 5.74) is 3.17. The fourth-order valence-corrected chi connectivity index (χ4v) is 9.63. The molecule has 1 spiro atoms. The molecule has 0 saturated carbocycles. The lowest BCUT2D eigenvalue weighted by Crippen LogP contribution is -2.57. The Morgan fingerprint density at radius 2 is 1.93 bits per heavy atom. The van der Waals surface area contributed by atoms with Gasteiger partial charge in [0.1, 0.15) is 23.9 Å². The number of rotatable bonds is 13. The van der Waals surface area contributed by atoms with Gasteiger partial charge < -0.3 is 19.3 Å². The maximum Gasteiger partial charge on any atom is 0.246 e.